The Morgan fingerprint density at radius 1 is 1.44 bits per heavy atom. The fraction of sp³-hybridized carbons (Fsp3) is 0.417. The average molecular weight is 243 g/mol. The maximum absolute atomic E-state index is 10.5. The number of carbonyl (C=O) groups is 1. The second-order valence-corrected chi connectivity index (χ2v) is 4.28. The van der Waals surface area contributed by atoms with E-state index < -0.39 is 5.97 Å². The molecule has 1 aromatic carbocycles. The molecule has 0 saturated carbocycles. The van der Waals surface area contributed by atoms with Crippen LogP contribution in [0.2, 0.25) is 5.02 Å². The minimum Gasteiger partial charge on any atom is -0.490 e. The van der Waals surface area contributed by atoms with Gasteiger partial charge >= 0.3 is 5.97 Å². The van der Waals surface area contributed by atoms with Crippen molar-refractivity contribution in [2.24, 2.45) is 0 Å². The lowest BCUT2D eigenvalue weighted by molar-refractivity contribution is -0.138. The third-order valence-corrected chi connectivity index (χ3v) is 2.81. The smallest absolute Gasteiger partial charge is 0.307 e. The number of carboxylic acid groups (broad SMARTS) is 1. The van der Waals surface area contributed by atoms with Crippen molar-refractivity contribution in [3.63, 3.8) is 0 Å². The fourth-order valence-corrected chi connectivity index (χ4v) is 1.60. The topological polar surface area (TPSA) is 46.5 Å². The van der Waals surface area contributed by atoms with Crippen LogP contribution in [-0.2, 0) is 4.79 Å². The summed E-state index contributed by atoms with van der Waals surface area (Å²) in [6, 6.07) is 3.63. The molecule has 4 heteroatoms. The van der Waals surface area contributed by atoms with Crippen LogP contribution in [0.1, 0.15) is 24.5 Å². The van der Waals surface area contributed by atoms with E-state index in [1.165, 1.54) is 0 Å². The maximum atomic E-state index is 10.5. The third kappa shape index (κ3) is 3.42. The first-order chi connectivity index (χ1) is 7.40. The van der Waals surface area contributed by atoms with E-state index in [0.29, 0.717) is 5.75 Å². The molecule has 1 N–H and O–H groups in total. The minimum atomic E-state index is -0.866. The molecule has 0 fully saturated rings. The molecule has 1 aromatic rings. The summed E-state index contributed by atoms with van der Waals surface area (Å²) >= 11 is 6.02. The lowest BCUT2D eigenvalue weighted by atomic mass is 10.1. The van der Waals surface area contributed by atoms with E-state index in [-0.39, 0.29) is 12.5 Å². The third-order valence-electron chi connectivity index (χ3n) is 2.21. The molecule has 0 aliphatic rings. The Hall–Kier alpha value is -1.22. The molecule has 1 atom stereocenters. The molecule has 0 aliphatic heterocycles. The van der Waals surface area contributed by atoms with Crippen molar-refractivity contribution in [1.82, 2.24) is 0 Å². The SMILES string of the molecule is Cc1cc(OC(C)CC(=O)O)cc(C)c1Cl. The zero-order valence-corrected chi connectivity index (χ0v) is 10.3. The summed E-state index contributed by atoms with van der Waals surface area (Å²) in [5.74, 6) is -0.206. The molecule has 1 unspecified atom stereocenters. The van der Waals surface area contributed by atoms with Crippen LogP contribution in [0.4, 0.5) is 0 Å². The van der Waals surface area contributed by atoms with Crippen molar-refractivity contribution in [1.29, 1.82) is 0 Å². The van der Waals surface area contributed by atoms with Gasteiger partial charge in [0.05, 0.1) is 6.42 Å². The molecule has 0 aliphatic carbocycles. The van der Waals surface area contributed by atoms with Crippen molar-refractivity contribution >= 4 is 17.6 Å². The molecule has 0 spiro atoms. The maximum Gasteiger partial charge on any atom is 0.307 e. The number of carboxylic acids is 1. The second kappa shape index (κ2) is 5.21. The van der Waals surface area contributed by atoms with Crippen LogP contribution in [0, 0.1) is 13.8 Å². The molecule has 88 valence electrons. The van der Waals surface area contributed by atoms with Gasteiger partial charge in [-0.2, -0.15) is 0 Å². The van der Waals surface area contributed by atoms with Crippen LogP contribution in [0.5, 0.6) is 5.75 Å². The number of aryl methyl sites for hydroxylation is 2. The summed E-state index contributed by atoms with van der Waals surface area (Å²) in [6.45, 7) is 5.52. The molecule has 0 amide bonds. The highest BCUT2D eigenvalue weighted by Crippen LogP contribution is 2.26. The predicted molar refractivity (Wildman–Crippen MR) is 63.3 cm³/mol. The first-order valence-corrected chi connectivity index (χ1v) is 5.43. The van der Waals surface area contributed by atoms with Crippen molar-refractivity contribution in [3.8, 4) is 5.75 Å². The summed E-state index contributed by atoms with van der Waals surface area (Å²) in [7, 11) is 0. The normalized spacial score (nSPS) is 12.2. The van der Waals surface area contributed by atoms with Gasteiger partial charge in [-0.05, 0) is 44.0 Å². The van der Waals surface area contributed by atoms with Gasteiger partial charge < -0.3 is 9.84 Å². The van der Waals surface area contributed by atoms with Crippen molar-refractivity contribution in [2.45, 2.75) is 33.3 Å². The molecular weight excluding hydrogens is 228 g/mol. The Balaban J connectivity index is 2.78. The van der Waals surface area contributed by atoms with Gasteiger partial charge in [-0.3, -0.25) is 4.79 Å². The van der Waals surface area contributed by atoms with Crippen LogP contribution in [0.3, 0.4) is 0 Å². The Labute approximate surface area is 100.0 Å². The highest BCUT2D eigenvalue weighted by molar-refractivity contribution is 6.32. The Bertz CT molecular complexity index is 378. The van der Waals surface area contributed by atoms with E-state index in [2.05, 4.69) is 0 Å². The lowest BCUT2D eigenvalue weighted by Crippen LogP contribution is -2.16. The first-order valence-electron chi connectivity index (χ1n) is 5.05. The van der Waals surface area contributed by atoms with Gasteiger partial charge in [0.25, 0.3) is 0 Å². The Kier molecular flexibility index (Phi) is 4.19. The quantitative estimate of drug-likeness (QED) is 0.882. The van der Waals surface area contributed by atoms with E-state index in [0.717, 1.165) is 16.1 Å². The van der Waals surface area contributed by atoms with Gasteiger partial charge in [-0.1, -0.05) is 11.6 Å². The summed E-state index contributed by atoms with van der Waals surface area (Å²) in [5.41, 5.74) is 1.86. The monoisotopic (exact) mass is 242 g/mol. The van der Waals surface area contributed by atoms with Crippen molar-refractivity contribution in [2.75, 3.05) is 0 Å². The number of hydrogen-bond acceptors (Lipinski definition) is 2. The summed E-state index contributed by atoms with van der Waals surface area (Å²) in [6.07, 6.45) is -0.363. The van der Waals surface area contributed by atoms with E-state index in [9.17, 15) is 4.79 Å². The number of aliphatic carboxylic acids is 1. The van der Waals surface area contributed by atoms with Crippen molar-refractivity contribution in [3.05, 3.63) is 28.3 Å². The Morgan fingerprint density at radius 2 is 1.94 bits per heavy atom. The largest absolute Gasteiger partial charge is 0.490 e. The molecule has 0 heterocycles. The van der Waals surface area contributed by atoms with Gasteiger partial charge in [0, 0.05) is 5.02 Å². The van der Waals surface area contributed by atoms with Gasteiger partial charge in [0.15, 0.2) is 0 Å². The zero-order valence-electron chi connectivity index (χ0n) is 9.58. The number of rotatable bonds is 4. The van der Waals surface area contributed by atoms with Gasteiger partial charge in [-0.25, -0.2) is 0 Å². The molecule has 0 saturated heterocycles. The van der Waals surface area contributed by atoms with Gasteiger partial charge in [0.2, 0.25) is 0 Å². The molecule has 3 nitrogen and oxygen atoms in total. The van der Waals surface area contributed by atoms with E-state index in [1.807, 2.05) is 26.0 Å². The first kappa shape index (κ1) is 12.8. The highest BCUT2D eigenvalue weighted by atomic mass is 35.5. The molecule has 0 radical (unpaired) electrons. The molecule has 16 heavy (non-hydrogen) atoms. The summed E-state index contributed by atoms with van der Waals surface area (Å²) in [5, 5.41) is 9.33. The van der Waals surface area contributed by atoms with E-state index in [4.69, 9.17) is 21.4 Å². The van der Waals surface area contributed by atoms with Crippen LogP contribution < -0.4 is 4.74 Å². The lowest BCUT2D eigenvalue weighted by Gasteiger charge is -2.14. The van der Waals surface area contributed by atoms with Gasteiger partial charge in [-0.15, -0.1) is 0 Å². The summed E-state index contributed by atoms with van der Waals surface area (Å²) < 4.78 is 5.50. The average Bonchev–Trinajstić information content (AvgIpc) is 2.12. The van der Waals surface area contributed by atoms with Gasteiger partial charge in [0.1, 0.15) is 11.9 Å². The van der Waals surface area contributed by atoms with Crippen LogP contribution in [0.15, 0.2) is 12.1 Å². The van der Waals surface area contributed by atoms with Crippen LogP contribution in [0.25, 0.3) is 0 Å². The van der Waals surface area contributed by atoms with E-state index in [1.54, 1.807) is 6.92 Å². The fourth-order valence-electron chi connectivity index (χ4n) is 1.49. The number of hydrogen-bond donors (Lipinski definition) is 1. The summed E-state index contributed by atoms with van der Waals surface area (Å²) in [4.78, 5) is 10.5. The molecule has 1 rings (SSSR count). The van der Waals surface area contributed by atoms with Crippen LogP contribution >= 0.6 is 11.6 Å². The van der Waals surface area contributed by atoms with Crippen LogP contribution in [-0.4, -0.2) is 17.2 Å². The molecule has 0 aromatic heterocycles. The number of halogens is 1. The number of ether oxygens (including phenoxy) is 1. The van der Waals surface area contributed by atoms with Crippen molar-refractivity contribution < 1.29 is 14.6 Å². The highest BCUT2D eigenvalue weighted by Gasteiger charge is 2.10. The Morgan fingerprint density at radius 3 is 2.38 bits per heavy atom. The standard InChI is InChI=1S/C12H15ClO3/c1-7-4-10(5-8(2)12(7)13)16-9(3)6-11(14)15/h4-5,9H,6H2,1-3H3,(H,14,15). The molecule has 0 bridgehead atoms. The molecular formula is C12H15ClO3. The second-order valence-electron chi connectivity index (χ2n) is 3.90. The van der Waals surface area contributed by atoms with E-state index >= 15 is 0 Å². The minimum absolute atomic E-state index is 0.0132. The zero-order chi connectivity index (χ0) is 12.3. The predicted octanol–water partition coefficient (Wildman–Crippen LogP) is 3.20. The number of benzene rings is 1.